The topological polar surface area (TPSA) is 87.7 Å². The quantitative estimate of drug-likeness (QED) is 0.679. The molecule has 2 N–H and O–H groups in total. The Balaban J connectivity index is 1.57. The molecule has 3 atom stereocenters. The molecule has 0 bridgehead atoms. The fourth-order valence-corrected chi connectivity index (χ4v) is 5.12. The highest BCUT2D eigenvalue weighted by Gasteiger charge is 2.32. The molecule has 0 saturated carbocycles. The van der Waals surface area contributed by atoms with Crippen molar-refractivity contribution >= 4 is 21.6 Å². The minimum atomic E-state index is -3.63. The maximum atomic E-state index is 13.3. The van der Waals surface area contributed by atoms with Crippen LogP contribution in [0.5, 0.6) is 0 Å². The molecule has 9 heteroatoms. The van der Waals surface area contributed by atoms with Crippen LogP contribution >= 0.6 is 0 Å². The largest absolute Gasteiger partial charge is 0.373 e. The first kappa shape index (κ1) is 23.3. The number of benzene rings is 2. The van der Waals surface area contributed by atoms with Crippen molar-refractivity contribution in [3.05, 3.63) is 59.9 Å². The second kappa shape index (κ2) is 9.86. The van der Waals surface area contributed by atoms with Crippen molar-refractivity contribution in [3.8, 4) is 0 Å². The molecule has 2 aromatic rings. The number of rotatable bonds is 7. The number of carbonyl (C=O) groups excluding carboxylic acids is 1. The average molecular weight is 450 g/mol. The molecule has 0 aromatic heterocycles. The number of amides is 1. The molecule has 1 aliphatic heterocycles. The number of morpholine rings is 1. The molecule has 31 heavy (non-hydrogen) atoms. The molecule has 168 valence electrons. The van der Waals surface area contributed by atoms with Gasteiger partial charge in [0.15, 0.2) is 0 Å². The van der Waals surface area contributed by atoms with E-state index in [2.05, 4.69) is 10.6 Å². The van der Waals surface area contributed by atoms with Gasteiger partial charge in [0.2, 0.25) is 15.9 Å². The van der Waals surface area contributed by atoms with Gasteiger partial charge in [-0.25, -0.2) is 12.8 Å². The van der Waals surface area contributed by atoms with Crippen LogP contribution in [0.2, 0.25) is 0 Å². The summed E-state index contributed by atoms with van der Waals surface area (Å²) in [6, 6.07) is 12.1. The fourth-order valence-electron chi connectivity index (χ4n) is 3.53. The Morgan fingerprint density at radius 3 is 2.42 bits per heavy atom. The first-order valence-electron chi connectivity index (χ1n) is 10.2. The second-order valence-electron chi connectivity index (χ2n) is 7.81. The molecular weight excluding hydrogens is 421 g/mol. The van der Waals surface area contributed by atoms with E-state index in [0.29, 0.717) is 18.8 Å². The molecule has 2 aromatic carbocycles. The summed E-state index contributed by atoms with van der Waals surface area (Å²) in [5.41, 5.74) is 1.24. The van der Waals surface area contributed by atoms with Crippen molar-refractivity contribution in [1.29, 1.82) is 0 Å². The lowest BCUT2D eigenvalue weighted by molar-refractivity contribution is -0.115. The van der Waals surface area contributed by atoms with Crippen molar-refractivity contribution < 1.29 is 22.3 Å². The Kier molecular flexibility index (Phi) is 7.42. The van der Waals surface area contributed by atoms with Crippen LogP contribution in [0, 0.1) is 5.82 Å². The van der Waals surface area contributed by atoms with E-state index in [0.717, 1.165) is 5.56 Å². The van der Waals surface area contributed by atoms with Crippen molar-refractivity contribution in [1.82, 2.24) is 9.62 Å². The van der Waals surface area contributed by atoms with E-state index in [1.165, 1.54) is 28.6 Å². The van der Waals surface area contributed by atoms with Crippen LogP contribution in [0.25, 0.3) is 0 Å². The highest BCUT2D eigenvalue weighted by atomic mass is 32.2. The summed E-state index contributed by atoms with van der Waals surface area (Å²) < 4.78 is 46.2. The summed E-state index contributed by atoms with van der Waals surface area (Å²) in [4.78, 5) is 12.4. The number of hydrogen-bond acceptors (Lipinski definition) is 5. The lowest BCUT2D eigenvalue weighted by atomic mass is 10.1. The van der Waals surface area contributed by atoms with E-state index in [9.17, 15) is 17.6 Å². The molecule has 1 amide bonds. The van der Waals surface area contributed by atoms with Gasteiger partial charge in [0.25, 0.3) is 0 Å². The predicted molar refractivity (Wildman–Crippen MR) is 117 cm³/mol. The monoisotopic (exact) mass is 449 g/mol. The number of carbonyl (C=O) groups is 1. The van der Waals surface area contributed by atoms with Crippen molar-refractivity contribution in [2.45, 2.75) is 43.9 Å². The number of nitrogens with one attached hydrogen (secondary N) is 2. The number of ether oxygens (including phenoxy) is 1. The molecule has 1 fully saturated rings. The lowest BCUT2D eigenvalue weighted by Crippen LogP contribution is -2.48. The number of hydrogen-bond donors (Lipinski definition) is 2. The molecule has 0 unspecified atom stereocenters. The summed E-state index contributed by atoms with van der Waals surface area (Å²) in [6.07, 6.45) is -0.335. The van der Waals surface area contributed by atoms with Crippen LogP contribution in [-0.2, 0) is 19.6 Å². The molecule has 7 nitrogen and oxygen atoms in total. The van der Waals surface area contributed by atoms with Gasteiger partial charge >= 0.3 is 0 Å². The maximum Gasteiger partial charge on any atom is 0.243 e. The van der Waals surface area contributed by atoms with E-state index in [1.807, 2.05) is 20.8 Å². The lowest BCUT2D eigenvalue weighted by Gasteiger charge is -2.34. The van der Waals surface area contributed by atoms with Crippen LogP contribution < -0.4 is 10.6 Å². The van der Waals surface area contributed by atoms with Crippen LogP contribution in [0.1, 0.15) is 32.4 Å². The molecule has 0 aliphatic carbocycles. The van der Waals surface area contributed by atoms with Crippen LogP contribution in [0.3, 0.4) is 0 Å². The molecule has 0 spiro atoms. The van der Waals surface area contributed by atoms with Crippen molar-refractivity contribution in [2.24, 2.45) is 0 Å². The molecule has 3 rings (SSSR count). The van der Waals surface area contributed by atoms with Gasteiger partial charge in [-0.3, -0.25) is 4.79 Å². The average Bonchev–Trinajstić information content (AvgIpc) is 2.71. The Morgan fingerprint density at radius 2 is 1.81 bits per heavy atom. The normalized spacial score (nSPS) is 20.9. The zero-order chi connectivity index (χ0) is 22.6. The molecule has 1 saturated heterocycles. The fraction of sp³-hybridized carbons (Fsp3) is 0.409. The maximum absolute atomic E-state index is 13.3. The first-order chi connectivity index (χ1) is 14.6. The Bertz CT molecular complexity index is 1000. The van der Waals surface area contributed by atoms with Crippen LogP contribution in [0.15, 0.2) is 53.4 Å². The standard InChI is InChI=1S/C22H28FN3O4S/c1-15-13-26(14-16(2)30-15)31(28,29)21-9-7-20(8-10-21)25-22(27)12-24-17(3)18-5-4-6-19(23)11-18/h4-11,15-17,24H,12-14H2,1-3H3,(H,25,27)/t15-,16+,17-/m1/s1. The Hall–Kier alpha value is -2.33. The van der Waals surface area contributed by atoms with E-state index < -0.39 is 10.0 Å². The molecular formula is C22H28FN3O4S. The minimum absolute atomic E-state index is 0.0291. The second-order valence-corrected chi connectivity index (χ2v) is 9.75. The van der Waals surface area contributed by atoms with E-state index in [4.69, 9.17) is 4.74 Å². The highest BCUT2D eigenvalue weighted by molar-refractivity contribution is 7.89. The summed E-state index contributed by atoms with van der Waals surface area (Å²) >= 11 is 0. The van der Waals surface area contributed by atoms with Crippen molar-refractivity contribution in [3.63, 3.8) is 0 Å². The number of anilines is 1. The van der Waals surface area contributed by atoms with Gasteiger partial charge in [0, 0.05) is 24.8 Å². The van der Waals surface area contributed by atoms with Gasteiger partial charge in [0.05, 0.1) is 23.6 Å². The minimum Gasteiger partial charge on any atom is -0.373 e. The number of nitrogens with zero attached hydrogens (tertiary/aromatic N) is 1. The number of halogens is 1. The van der Waals surface area contributed by atoms with Gasteiger partial charge in [0.1, 0.15) is 5.82 Å². The van der Waals surface area contributed by atoms with Gasteiger partial charge in [-0.2, -0.15) is 4.31 Å². The van der Waals surface area contributed by atoms with Crippen molar-refractivity contribution in [2.75, 3.05) is 25.0 Å². The van der Waals surface area contributed by atoms with E-state index in [-0.39, 0.29) is 41.4 Å². The Morgan fingerprint density at radius 1 is 1.16 bits per heavy atom. The highest BCUT2D eigenvalue weighted by Crippen LogP contribution is 2.22. The van der Waals surface area contributed by atoms with E-state index >= 15 is 0 Å². The third-order valence-corrected chi connectivity index (χ3v) is 6.93. The van der Waals surface area contributed by atoms with Gasteiger partial charge in [-0.05, 0) is 62.7 Å². The summed E-state index contributed by atoms with van der Waals surface area (Å²) in [5, 5.41) is 5.77. The van der Waals surface area contributed by atoms with Crippen LogP contribution in [-0.4, -0.2) is 50.5 Å². The van der Waals surface area contributed by atoms with Gasteiger partial charge in [-0.15, -0.1) is 0 Å². The molecule has 0 radical (unpaired) electrons. The molecule has 1 aliphatic rings. The van der Waals surface area contributed by atoms with E-state index in [1.54, 1.807) is 24.3 Å². The Labute approximate surface area is 182 Å². The van der Waals surface area contributed by atoms with Gasteiger partial charge < -0.3 is 15.4 Å². The zero-order valence-electron chi connectivity index (χ0n) is 17.8. The SMILES string of the molecule is C[C@@H]1CN(S(=O)(=O)c2ccc(NC(=O)CN[C@H](C)c3cccc(F)c3)cc2)C[C@H](C)O1. The van der Waals surface area contributed by atoms with Crippen LogP contribution in [0.4, 0.5) is 10.1 Å². The summed E-state index contributed by atoms with van der Waals surface area (Å²) in [5.74, 6) is -0.610. The number of sulfonamides is 1. The summed E-state index contributed by atoms with van der Waals surface area (Å²) in [7, 11) is -3.63. The summed E-state index contributed by atoms with van der Waals surface area (Å²) in [6.45, 7) is 6.18. The zero-order valence-corrected chi connectivity index (χ0v) is 18.7. The third-order valence-electron chi connectivity index (χ3n) is 5.08. The predicted octanol–water partition coefficient (Wildman–Crippen LogP) is 2.91. The molecule has 1 heterocycles. The van der Waals surface area contributed by atoms with Gasteiger partial charge in [-0.1, -0.05) is 12.1 Å². The first-order valence-corrected chi connectivity index (χ1v) is 11.6. The smallest absolute Gasteiger partial charge is 0.243 e. The third kappa shape index (κ3) is 6.10.